The van der Waals surface area contributed by atoms with Crippen molar-refractivity contribution < 1.29 is 4.21 Å². The first-order valence-corrected chi connectivity index (χ1v) is 6.32. The fraction of sp³-hybridized carbons (Fsp3) is 0.300. The van der Waals surface area contributed by atoms with Crippen LogP contribution in [0.15, 0.2) is 23.1 Å². The predicted molar refractivity (Wildman–Crippen MR) is 62.6 cm³/mol. The fourth-order valence-electron chi connectivity index (χ4n) is 1.06. The lowest BCUT2D eigenvalue weighted by Crippen LogP contribution is -2.11. The first kappa shape index (κ1) is 12.5. The lowest BCUT2D eigenvalue weighted by molar-refractivity contribution is 0.676. The molecule has 0 aliphatic carbocycles. The average molecular weight is 262 g/mol. The van der Waals surface area contributed by atoms with Crippen LogP contribution in [0.25, 0.3) is 0 Å². The maximum Gasteiger partial charge on any atom is 0.126 e. The van der Waals surface area contributed by atoms with Crippen molar-refractivity contribution >= 4 is 34.0 Å². The number of benzene rings is 1. The topological polar surface area (TPSA) is 40.9 Å². The Morgan fingerprint density at radius 1 is 1.47 bits per heavy atom. The van der Waals surface area contributed by atoms with Crippen LogP contribution in [0.2, 0.25) is 10.0 Å². The van der Waals surface area contributed by atoms with Crippen molar-refractivity contribution in [1.29, 1.82) is 5.26 Å². The van der Waals surface area contributed by atoms with Crippen molar-refractivity contribution in [3.05, 3.63) is 28.2 Å². The third kappa shape index (κ3) is 2.94. The molecule has 15 heavy (non-hydrogen) atoms. The fourth-order valence-corrected chi connectivity index (χ4v) is 2.58. The van der Waals surface area contributed by atoms with Crippen LogP contribution >= 0.6 is 23.2 Å². The molecule has 5 heteroatoms. The highest BCUT2D eigenvalue weighted by molar-refractivity contribution is 7.86. The van der Waals surface area contributed by atoms with Crippen LogP contribution < -0.4 is 0 Å². The number of hydrogen-bond acceptors (Lipinski definition) is 2. The zero-order valence-corrected chi connectivity index (χ0v) is 10.4. The van der Waals surface area contributed by atoms with Gasteiger partial charge >= 0.3 is 0 Å². The van der Waals surface area contributed by atoms with Crippen molar-refractivity contribution in [1.82, 2.24) is 0 Å². The monoisotopic (exact) mass is 261 g/mol. The Bertz CT molecular complexity index is 428. The summed E-state index contributed by atoms with van der Waals surface area (Å²) in [6, 6.07) is 6.76. The van der Waals surface area contributed by atoms with Gasteiger partial charge in [-0.25, -0.2) is 0 Å². The standard InChI is InChI=1S/C10H9Cl2NOS/c1-2-7(6-13)15(14)8-3-4-9(11)10(12)5-8/h3-5,7H,2H2,1H3. The second kappa shape index (κ2) is 5.50. The molecule has 1 aromatic carbocycles. The molecule has 0 saturated heterocycles. The van der Waals surface area contributed by atoms with Gasteiger partial charge in [0.2, 0.25) is 0 Å². The second-order valence-electron chi connectivity index (χ2n) is 2.90. The van der Waals surface area contributed by atoms with E-state index in [0.717, 1.165) is 0 Å². The molecular weight excluding hydrogens is 253 g/mol. The minimum absolute atomic E-state index is 0.357. The molecule has 0 amide bonds. The van der Waals surface area contributed by atoms with Gasteiger partial charge in [0.15, 0.2) is 0 Å². The summed E-state index contributed by atoms with van der Waals surface area (Å²) in [5, 5.41) is 9.06. The van der Waals surface area contributed by atoms with Crippen molar-refractivity contribution in [3.63, 3.8) is 0 Å². The summed E-state index contributed by atoms with van der Waals surface area (Å²) in [5.74, 6) is 0. The summed E-state index contributed by atoms with van der Waals surface area (Å²) in [7, 11) is -1.34. The molecule has 0 saturated carbocycles. The van der Waals surface area contributed by atoms with Crippen LogP contribution in [0.5, 0.6) is 0 Å². The molecule has 80 valence electrons. The van der Waals surface area contributed by atoms with E-state index in [1.54, 1.807) is 18.2 Å². The second-order valence-corrected chi connectivity index (χ2v) is 5.35. The highest BCUT2D eigenvalue weighted by Gasteiger charge is 2.16. The molecule has 2 nitrogen and oxygen atoms in total. The Morgan fingerprint density at radius 2 is 2.13 bits per heavy atom. The summed E-state index contributed by atoms with van der Waals surface area (Å²) in [4.78, 5) is 0.540. The van der Waals surface area contributed by atoms with E-state index in [1.165, 1.54) is 0 Å². The highest BCUT2D eigenvalue weighted by Crippen LogP contribution is 2.25. The zero-order valence-electron chi connectivity index (χ0n) is 8.04. The van der Waals surface area contributed by atoms with Gasteiger partial charge in [-0.2, -0.15) is 5.26 Å². The minimum Gasteiger partial charge on any atom is -0.253 e. The van der Waals surface area contributed by atoms with E-state index in [0.29, 0.717) is 21.4 Å². The molecule has 0 radical (unpaired) electrons. The van der Waals surface area contributed by atoms with Crippen molar-refractivity contribution in [2.24, 2.45) is 0 Å². The SMILES string of the molecule is CCC(C#N)S(=O)c1ccc(Cl)c(Cl)c1. The molecule has 2 unspecified atom stereocenters. The summed E-state index contributed by atoms with van der Waals surface area (Å²) in [6.45, 7) is 1.82. The molecule has 0 heterocycles. The molecule has 0 aromatic heterocycles. The van der Waals surface area contributed by atoms with Crippen LogP contribution in [-0.2, 0) is 10.8 Å². The van der Waals surface area contributed by atoms with E-state index in [-0.39, 0.29) is 0 Å². The Labute approximate surface area is 101 Å². The number of nitrogens with zero attached hydrogens (tertiary/aromatic N) is 1. The Hall–Kier alpha value is -0.560. The van der Waals surface area contributed by atoms with E-state index >= 15 is 0 Å². The van der Waals surface area contributed by atoms with E-state index in [9.17, 15) is 4.21 Å². The van der Waals surface area contributed by atoms with E-state index in [1.807, 2.05) is 13.0 Å². The maximum atomic E-state index is 11.9. The number of rotatable bonds is 3. The van der Waals surface area contributed by atoms with Gasteiger partial charge in [0.1, 0.15) is 5.25 Å². The molecule has 0 fully saturated rings. The Morgan fingerprint density at radius 3 is 2.60 bits per heavy atom. The molecule has 0 N–H and O–H groups in total. The van der Waals surface area contributed by atoms with Gasteiger partial charge in [-0.05, 0) is 24.6 Å². The molecule has 0 spiro atoms. The first-order chi connectivity index (χ1) is 7.10. The summed E-state index contributed by atoms with van der Waals surface area (Å²) in [5.41, 5.74) is 0. The molecule has 1 aromatic rings. The van der Waals surface area contributed by atoms with E-state index < -0.39 is 16.0 Å². The van der Waals surface area contributed by atoms with Crippen LogP contribution in [0.4, 0.5) is 0 Å². The molecular formula is C10H9Cl2NOS. The predicted octanol–water partition coefficient (Wildman–Crippen LogP) is 3.40. The molecule has 0 aliphatic rings. The summed E-state index contributed by atoms with van der Waals surface area (Å²) < 4.78 is 11.9. The van der Waals surface area contributed by atoms with Gasteiger partial charge in [-0.1, -0.05) is 30.1 Å². The van der Waals surface area contributed by atoms with Crippen LogP contribution in [-0.4, -0.2) is 9.46 Å². The first-order valence-electron chi connectivity index (χ1n) is 4.35. The summed E-state index contributed by atoms with van der Waals surface area (Å²) in [6.07, 6.45) is 0.545. The maximum absolute atomic E-state index is 11.9. The quantitative estimate of drug-likeness (QED) is 0.837. The smallest absolute Gasteiger partial charge is 0.126 e. The van der Waals surface area contributed by atoms with Gasteiger partial charge in [0.25, 0.3) is 0 Å². The number of hydrogen-bond donors (Lipinski definition) is 0. The van der Waals surface area contributed by atoms with Gasteiger partial charge in [-0.3, -0.25) is 4.21 Å². The normalized spacial score (nSPS) is 14.3. The minimum atomic E-state index is -1.34. The van der Waals surface area contributed by atoms with Crippen molar-refractivity contribution in [2.45, 2.75) is 23.5 Å². The van der Waals surface area contributed by atoms with Crippen LogP contribution in [0.3, 0.4) is 0 Å². The highest BCUT2D eigenvalue weighted by atomic mass is 35.5. The van der Waals surface area contributed by atoms with E-state index in [2.05, 4.69) is 0 Å². The lowest BCUT2D eigenvalue weighted by atomic mass is 10.3. The number of nitriles is 1. The molecule has 0 aliphatic heterocycles. The van der Waals surface area contributed by atoms with E-state index in [4.69, 9.17) is 28.5 Å². The third-order valence-electron chi connectivity index (χ3n) is 1.90. The van der Waals surface area contributed by atoms with Crippen LogP contribution in [0, 0.1) is 11.3 Å². The molecule has 1 rings (SSSR count). The number of halogens is 2. The van der Waals surface area contributed by atoms with Crippen LogP contribution in [0.1, 0.15) is 13.3 Å². The zero-order chi connectivity index (χ0) is 11.4. The van der Waals surface area contributed by atoms with Gasteiger partial charge < -0.3 is 0 Å². The Balaban J connectivity index is 3.02. The third-order valence-corrected chi connectivity index (χ3v) is 4.31. The molecule has 2 atom stereocenters. The van der Waals surface area contributed by atoms with Gasteiger partial charge in [-0.15, -0.1) is 0 Å². The summed E-state index contributed by atoms with van der Waals surface area (Å²) >= 11 is 11.5. The Kier molecular flexibility index (Phi) is 4.59. The largest absolute Gasteiger partial charge is 0.253 e. The van der Waals surface area contributed by atoms with Crippen molar-refractivity contribution in [3.8, 4) is 6.07 Å². The van der Waals surface area contributed by atoms with Gasteiger partial charge in [0, 0.05) is 4.90 Å². The lowest BCUT2D eigenvalue weighted by Gasteiger charge is -2.06. The average Bonchev–Trinajstić information content (AvgIpc) is 2.23. The van der Waals surface area contributed by atoms with Gasteiger partial charge in [0.05, 0.1) is 26.9 Å². The van der Waals surface area contributed by atoms with Crippen molar-refractivity contribution in [2.75, 3.05) is 0 Å². The molecule has 0 bridgehead atoms.